The van der Waals surface area contributed by atoms with Crippen molar-refractivity contribution in [1.82, 2.24) is 10.3 Å². The molecule has 1 aromatic carbocycles. The van der Waals surface area contributed by atoms with Gasteiger partial charge in [-0.2, -0.15) is 0 Å². The van der Waals surface area contributed by atoms with Crippen molar-refractivity contribution in [3.63, 3.8) is 0 Å². The van der Waals surface area contributed by atoms with Gasteiger partial charge < -0.3 is 10.6 Å². The Bertz CT molecular complexity index is 646. The average Bonchev–Trinajstić information content (AvgIpc) is 2.46. The number of amides is 1. The van der Waals surface area contributed by atoms with Crippen LogP contribution in [0.4, 0.5) is 5.69 Å². The minimum absolute atomic E-state index is 0.356. The van der Waals surface area contributed by atoms with Gasteiger partial charge in [0.25, 0.3) is 5.91 Å². The third-order valence-corrected chi connectivity index (χ3v) is 3.55. The fraction of sp³-hybridized carbons (Fsp3) is 0.143. The van der Waals surface area contributed by atoms with Crippen LogP contribution in [-0.4, -0.2) is 20.8 Å². The van der Waals surface area contributed by atoms with Crippen LogP contribution in [0.3, 0.4) is 0 Å². The number of nitrogens with one attached hydrogen (secondary N) is 2. The number of carbonyl (C=O) groups excluding carboxylic acids is 1. The molecular weight excluding hydrogens is 368 g/mol. The summed E-state index contributed by atoms with van der Waals surface area (Å²) in [6, 6.07) is 10.1. The van der Waals surface area contributed by atoms with Crippen LogP contribution < -0.4 is 10.6 Å². The highest BCUT2D eigenvalue weighted by atomic mass is 35.6. The molecule has 4 nitrogen and oxygen atoms in total. The van der Waals surface area contributed by atoms with Crippen LogP contribution >= 0.6 is 46.4 Å². The molecule has 1 heterocycles. The Morgan fingerprint density at radius 1 is 1.18 bits per heavy atom. The highest BCUT2D eigenvalue weighted by Gasteiger charge is 2.34. The number of hydrogen-bond donors (Lipinski definition) is 2. The molecule has 116 valence electrons. The van der Waals surface area contributed by atoms with E-state index < -0.39 is 15.9 Å². The molecule has 2 aromatic rings. The third-order valence-electron chi connectivity index (χ3n) is 2.66. The largest absolute Gasteiger partial charge is 0.362 e. The molecule has 1 aromatic heterocycles. The van der Waals surface area contributed by atoms with E-state index in [1.165, 1.54) is 6.20 Å². The lowest BCUT2D eigenvalue weighted by atomic mass is 10.2. The van der Waals surface area contributed by atoms with Crippen LogP contribution in [0.15, 0.2) is 48.8 Å². The van der Waals surface area contributed by atoms with E-state index in [0.717, 1.165) is 0 Å². The topological polar surface area (TPSA) is 54.0 Å². The second-order valence-corrected chi connectivity index (χ2v) is 7.15. The van der Waals surface area contributed by atoms with Crippen LogP contribution in [0.5, 0.6) is 0 Å². The van der Waals surface area contributed by atoms with E-state index in [1.54, 1.807) is 42.6 Å². The molecule has 0 aliphatic carbocycles. The third kappa shape index (κ3) is 4.92. The number of carbonyl (C=O) groups is 1. The smallest absolute Gasteiger partial charge is 0.254 e. The summed E-state index contributed by atoms with van der Waals surface area (Å²) in [4.78, 5) is 16.0. The standard InChI is InChI=1S/C14H11Cl4N3O/c15-10-4-1-5-11(7-10)20-13(14(16,17)18)21-12(22)9-3-2-6-19-8-9/h1-8,13,20H,(H,21,22)/t13-/m0/s1. The maximum absolute atomic E-state index is 12.2. The van der Waals surface area contributed by atoms with Gasteiger partial charge in [0.1, 0.15) is 6.17 Å². The molecule has 0 radical (unpaired) electrons. The van der Waals surface area contributed by atoms with Gasteiger partial charge in [-0.15, -0.1) is 0 Å². The Balaban J connectivity index is 2.15. The number of halogens is 4. The van der Waals surface area contributed by atoms with E-state index in [1.807, 2.05) is 0 Å². The summed E-state index contributed by atoms with van der Waals surface area (Å²) in [6.07, 6.45) is 2.03. The monoisotopic (exact) mass is 377 g/mol. The van der Waals surface area contributed by atoms with Crippen molar-refractivity contribution >= 4 is 58.0 Å². The lowest BCUT2D eigenvalue weighted by Crippen LogP contribution is -2.49. The normalized spacial score (nSPS) is 12.5. The zero-order valence-electron chi connectivity index (χ0n) is 11.1. The Morgan fingerprint density at radius 2 is 1.95 bits per heavy atom. The molecule has 0 spiro atoms. The molecule has 2 N–H and O–H groups in total. The second-order valence-electron chi connectivity index (χ2n) is 4.34. The predicted octanol–water partition coefficient (Wildman–Crippen LogP) is 4.27. The van der Waals surface area contributed by atoms with Gasteiger partial charge in [-0.1, -0.05) is 52.5 Å². The van der Waals surface area contributed by atoms with Gasteiger partial charge in [0.05, 0.1) is 5.56 Å². The van der Waals surface area contributed by atoms with Crippen molar-refractivity contribution in [3.05, 3.63) is 59.4 Å². The summed E-state index contributed by atoms with van der Waals surface area (Å²) >= 11 is 23.7. The van der Waals surface area contributed by atoms with Crippen molar-refractivity contribution in [3.8, 4) is 0 Å². The van der Waals surface area contributed by atoms with Gasteiger partial charge in [0.15, 0.2) is 0 Å². The van der Waals surface area contributed by atoms with Gasteiger partial charge >= 0.3 is 0 Å². The van der Waals surface area contributed by atoms with Crippen molar-refractivity contribution in [2.24, 2.45) is 0 Å². The summed E-state index contributed by atoms with van der Waals surface area (Å²) in [5.74, 6) is -0.418. The highest BCUT2D eigenvalue weighted by Crippen LogP contribution is 2.31. The first-order valence-electron chi connectivity index (χ1n) is 6.16. The Kier molecular flexibility index (Phi) is 5.75. The summed E-state index contributed by atoms with van der Waals surface area (Å²) in [5.41, 5.74) is 0.963. The number of benzene rings is 1. The SMILES string of the molecule is O=C(N[C@H](Nc1cccc(Cl)c1)C(Cl)(Cl)Cl)c1cccnc1. The number of pyridine rings is 1. The zero-order valence-corrected chi connectivity index (χ0v) is 14.1. The molecule has 1 amide bonds. The summed E-state index contributed by atoms with van der Waals surface area (Å²) in [6.45, 7) is 0. The lowest BCUT2D eigenvalue weighted by molar-refractivity contribution is 0.0941. The number of aromatic nitrogens is 1. The number of nitrogens with zero attached hydrogens (tertiary/aromatic N) is 1. The molecule has 0 aliphatic heterocycles. The zero-order chi connectivity index (χ0) is 16.2. The maximum Gasteiger partial charge on any atom is 0.254 e. The van der Waals surface area contributed by atoms with E-state index in [9.17, 15) is 4.79 Å². The Morgan fingerprint density at radius 3 is 2.55 bits per heavy atom. The van der Waals surface area contributed by atoms with E-state index in [-0.39, 0.29) is 0 Å². The number of anilines is 1. The molecule has 0 fully saturated rings. The fourth-order valence-electron chi connectivity index (χ4n) is 1.66. The quantitative estimate of drug-likeness (QED) is 0.616. The minimum atomic E-state index is -1.76. The van der Waals surface area contributed by atoms with Crippen LogP contribution in [0.25, 0.3) is 0 Å². The minimum Gasteiger partial charge on any atom is -0.362 e. The molecule has 22 heavy (non-hydrogen) atoms. The van der Waals surface area contributed by atoms with E-state index in [4.69, 9.17) is 46.4 Å². The van der Waals surface area contributed by atoms with Gasteiger partial charge in [-0.3, -0.25) is 9.78 Å². The Labute approximate surface area is 147 Å². The fourth-order valence-corrected chi connectivity index (χ4v) is 2.17. The number of rotatable bonds is 4. The van der Waals surface area contributed by atoms with E-state index >= 15 is 0 Å². The molecule has 0 saturated heterocycles. The molecule has 1 atom stereocenters. The van der Waals surface area contributed by atoms with Crippen LogP contribution in [-0.2, 0) is 0 Å². The van der Waals surface area contributed by atoms with E-state index in [0.29, 0.717) is 16.3 Å². The molecular formula is C14H11Cl4N3O. The van der Waals surface area contributed by atoms with Crippen molar-refractivity contribution in [2.45, 2.75) is 9.96 Å². The van der Waals surface area contributed by atoms with Crippen molar-refractivity contribution in [1.29, 1.82) is 0 Å². The molecule has 0 saturated carbocycles. The van der Waals surface area contributed by atoms with Crippen LogP contribution in [0.1, 0.15) is 10.4 Å². The summed E-state index contributed by atoms with van der Waals surface area (Å²) in [7, 11) is 0. The molecule has 0 aliphatic rings. The van der Waals surface area contributed by atoms with Crippen molar-refractivity contribution < 1.29 is 4.79 Å². The van der Waals surface area contributed by atoms with Gasteiger partial charge in [-0.25, -0.2) is 0 Å². The molecule has 2 rings (SSSR count). The number of alkyl halides is 3. The summed E-state index contributed by atoms with van der Waals surface area (Å²) < 4.78 is -1.76. The predicted molar refractivity (Wildman–Crippen MR) is 90.9 cm³/mol. The Hall–Kier alpha value is -1.20. The first-order chi connectivity index (χ1) is 10.4. The molecule has 8 heteroatoms. The molecule has 0 bridgehead atoms. The van der Waals surface area contributed by atoms with Gasteiger partial charge in [0.2, 0.25) is 3.79 Å². The van der Waals surface area contributed by atoms with Gasteiger partial charge in [0, 0.05) is 23.1 Å². The van der Waals surface area contributed by atoms with Crippen LogP contribution in [0.2, 0.25) is 5.02 Å². The summed E-state index contributed by atoms with van der Waals surface area (Å²) in [5, 5.41) is 6.06. The highest BCUT2D eigenvalue weighted by molar-refractivity contribution is 6.68. The average molecular weight is 379 g/mol. The lowest BCUT2D eigenvalue weighted by Gasteiger charge is -2.27. The first kappa shape index (κ1) is 17.2. The number of hydrogen-bond acceptors (Lipinski definition) is 3. The molecule has 0 unspecified atom stereocenters. The van der Waals surface area contributed by atoms with Crippen molar-refractivity contribution in [2.75, 3.05) is 5.32 Å². The van der Waals surface area contributed by atoms with Gasteiger partial charge in [-0.05, 0) is 30.3 Å². The van der Waals surface area contributed by atoms with Crippen LogP contribution in [0, 0.1) is 0 Å². The second kappa shape index (κ2) is 7.38. The maximum atomic E-state index is 12.2. The first-order valence-corrected chi connectivity index (χ1v) is 7.67. The van der Waals surface area contributed by atoms with E-state index in [2.05, 4.69) is 15.6 Å².